The number of alkyl halides is 3. The van der Waals surface area contributed by atoms with Crippen LogP contribution in [0.5, 0.6) is 5.75 Å². The topological polar surface area (TPSA) is 81.3 Å². The van der Waals surface area contributed by atoms with Crippen LogP contribution in [0.25, 0.3) is 10.2 Å². The quantitative estimate of drug-likeness (QED) is 0.642. The van der Waals surface area contributed by atoms with Crippen molar-refractivity contribution in [1.82, 2.24) is 9.97 Å². The lowest BCUT2D eigenvalue weighted by Crippen LogP contribution is -2.17. The van der Waals surface area contributed by atoms with Crippen molar-refractivity contribution in [3.8, 4) is 5.75 Å². The molecule has 0 unspecified atom stereocenters. The molecule has 1 N–H and O–H groups in total. The third-order valence-corrected chi connectivity index (χ3v) is 4.98. The Kier molecular flexibility index (Phi) is 5.41. The molecule has 0 bridgehead atoms. The smallest absolute Gasteiger partial charge is 0.462 e. The molecule has 0 atom stereocenters. The number of thiophene rings is 1. The fraction of sp³-hybridized carbons (Fsp3) is 0.278. The van der Waals surface area contributed by atoms with Crippen molar-refractivity contribution in [2.24, 2.45) is 0 Å². The second-order valence-corrected chi connectivity index (χ2v) is 6.84. The lowest BCUT2D eigenvalue weighted by molar-refractivity contribution is -0.274. The zero-order valence-corrected chi connectivity index (χ0v) is 15.7. The summed E-state index contributed by atoms with van der Waals surface area (Å²) in [6, 6.07) is 5.42. The third-order valence-electron chi connectivity index (χ3n) is 3.81. The number of hydrogen-bond donors (Lipinski definition) is 1. The van der Waals surface area contributed by atoms with E-state index < -0.39 is 17.9 Å². The van der Waals surface area contributed by atoms with Crippen LogP contribution >= 0.6 is 11.3 Å². The third kappa shape index (κ3) is 4.33. The van der Waals surface area contributed by atoms with Gasteiger partial charge < -0.3 is 14.5 Å². The van der Waals surface area contributed by atoms with Crippen LogP contribution in [-0.2, 0) is 11.2 Å². The lowest BCUT2D eigenvalue weighted by Gasteiger charge is -2.09. The Bertz CT molecular complexity index is 1090. The summed E-state index contributed by atoms with van der Waals surface area (Å²) in [4.78, 5) is 32.1. The molecule has 3 rings (SSSR count). The molecule has 148 valence electrons. The number of nitrogens with one attached hydrogen (secondary N) is 1. The van der Waals surface area contributed by atoms with E-state index in [1.165, 1.54) is 18.2 Å². The van der Waals surface area contributed by atoms with Gasteiger partial charge in [0.2, 0.25) is 0 Å². The van der Waals surface area contributed by atoms with E-state index in [-0.39, 0.29) is 24.6 Å². The molecule has 0 saturated carbocycles. The highest BCUT2D eigenvalue weighted by molar-refractivity contribution is 7.20. The predicted octanol–water partition coefficient (Wildman–Crippen LogP) is 3.96. The second kappa shape index (κ2) is 7.63. The molecule has 0 amide bonds. The van der Waals surface area contributed by atoms with E-state index in [1.807, 2.05) is 0 Å². The predicted molar refractivity (Wildman–Crippen MR) is 96.9 cm³/mol. The number of esters is 1. The van der Waals surface area contributed by atoms with Gasteiger partial charge in [-0.05, 0) is 37.1 Å². The number of fused-ring (bicyclic) bond motifs is 1. The number of H-pyrrole nitrogens is 1. The van der Waals surface area contributed by atoms with E-state index in [2.05, 4.69) is 14.7 Å². The van der Waals surface area contributed by atoms with Gasteiger partial charge in [0.05, 0.1) is 12.0 Å². The molecule has 28 heavy (non-hydrogen) atoms. The number of rotatable bonds is 5. The van der Waals surface area contributed by atoms with Gasteiger partial charge in [0.15, 0.2) is 0 Å². The SMILES string of the molecule is CCOC(=O)c1sc2nc(Cc3cccc(OC(F)(F)F)c3)[nH]c(=O)c2c1C. The van der Waals surface area contributed by atoms with Crippen molar-refractivity contribution >= 4 is 27.5 Å². The summed E-state index contributed by atoms with van der Waals surface area (Å²) in [6.07, 6.45) is -4.70. The minimum atomic E-state index is -4.79. The second-order valence-electron chi connectivity index (χ2n) is 5.84. The molecule has 1 aromatic carbocycles. The first-order chi connectivity index (χ1) is 13.2. The first-order valence-electron chi connectivity index (χ1n) is 8.22. The molecule has 10 heteroatoms. The highest BCUT2D eigenvalue weighted by Crippen LogP contribution is 2.28. The number of aryl methyl sites for hydroxylation is 1. The van der Waals surface area contributed by atoms with Crippen LogP contribution in [0.4, 0.5) is 13.2 Å². The molecule has 0 radical (unpaired) electrons. The highest BCUT2D eigenvalue weighted by Gasteiger charge is 2.31. The maximum absolute atomic E-state index is 12.4. The number of benzene rings is 1. The first kappa shape index (κ1) is 19.9. The molecule has 6 nitrogen and oxygen atoms in total. The van der Waals surface area contributed by atoms with Gasteiger partial charge in [0, 0.05) is 6.42 Å². The number of carbonyl (C=O) groups excluding carboxylic acids is 1. The van der Waals surface area contributed by atoms with E-state index in [0.717, 1.165) is 11.3 Å². The van der Waals surface area contributed by atoms with Gasteiger partial charge in [0.25, 0.3) is 5.56 Å². The number of halogens is 3. The van der Waals surface area contributed by atoms with Crippen LogP contribution in [0.3, 0.4) is 0 Å². The zero-order valence-electron chi connectivity index (χ0n) is 14.8. The standard InChI is InChI=1S/C18H15F3N2O4S/c1-3-26-17(25)14-9(2)13-15(24)22-12(23-16(13)28-14)8-10-5-4-6-11(7-10)27-18(19,20)21/h4-7H,3,8H2,1-2H3,(H,22,23,24). The monoisotopic (exact) mass is 412 g/mol. The Balaban J connectivity index is 1.94. The molecule has 0 spiro atoms. The van der Waals surface area contributed by atoms with Crippen molar-refractivity contribution in [3.05, 3.63) is 56.4 Å². The summed E-state index contributed by atoms with van der Waals surface area (Å²) in [6.45, 7) is 3.53. The fourth-order valence-corrected chi connectivity index (χ4v) is 3.80. The van der Waals surface area contributed by atoms with Gasteiger partial charge in [-0.15, -0.1) is 24.5 Å². The van der Waals surface area contributed by atoms with Crippen LogP contribution in [0.1, 0.15) is 33.5 Å². The van der Waals surface area contributed by atoms with E-state index >= 15 is 0 Å². The average molecular weight is 412 g/mol. The highest BCUT2D eigenvalue weighted by atomic mass is 32.1. The molecule has 3 aromatic rings. The van der Waals surface area contributed by atoms with Gasteiger partial charge >= 0.3 is 12.3 Å². The minimum Gasteiger partial charge on any atom is -0.462 e. The van der Waals surface area contributed by atoms with Crippen LogP contribution in [-0.4, -0.2) is 28.9 Å². The number of carbonyl (C=O) groups is 1. The largest absolute Gasteiger partial charge is 0.573 e. The van der Waals surface area contributed by atoms with Gasteiger partial charge in [-0.3, -0.25) is 4.79 Å². The molecule has 0 saturated heterocycles. The Morgan fingerprint density at radius 2 is 2.07 bits per heavy atom. The molecule has 0 aliphatic heterocycles. The molecule has 0 fully saturated rings. The van der Waals surface area contributed by atoms with Crippen molar-refractivity contribution in [1.29, 1.82) is 0 Å². The molecule has 0 aliphatic rings. The van der Waals surface area contributed by atoms with Crippen LogP contribution in [0, 0.1) is 6.92 Å². The zero-order chi connectivity index (χ0) is 20.5. The molecule has 2 heterocycles. The van der Waals surface area contributed by atoms with Crippen molar-refractivity contribution in [2.75, 3.05) is 6.61 Å². The van der Waals surface area contributed by atoms with Gasteiger partial charge in [-0.25, -0.2) is 9.78 Å². The summed E-state index contributed by atoms with van der Waals surface area (Å²) >= 11 is 1.04. The molecule has 2 aromatic heterocycles. The van der Waals surface area contributed by atoms with Gasteiger partial charge in [0.1, 0.15) is 21.3 Å². The summed E-state index contributed by atoms with van der Waals surface area (Å²) in [5, 5.41) is 0.297. The Morgan fingerprint density at radius 1 is 1.32 bits per heavy atom. The number of ether oxygens (including phenoxy) is 2. The Hall–Kier alpha value is -2.88. The van der Waals surface area contributed by atoms with E-state index in [9.17, 15) is 22.8 Å². The van der Waals surface area contributed by atoms with Crippen LogP contribution in [0.2, 0.25) is 0 Å². The van der Waals surface area contributed by atoms with Crippen LogP contribution in [0.15, 0.2) is 29.1 Å². The molecule has 0 aliphatic carbocycles. The Labute approximate surface area is 160 Å². The molecular weight excluding hydrogens is 397 g/mol. The Morgan fingerprint density at radius 3 is 2.75 bits per heavy atom. The van der Waals surface area contributed by atoms with Crippen LogP contribution < -0.4 is 10.3 Å². The van der Waals surface area contributed by atoms with Gasteiger partial charge in [-0.2, -0.15) is 0 Å². The summed E-state index contributed by atoms with van der Waals surface area (Å²) in [7, 11) is 0. The van der Waals surface area contributed by atoms with Crippen molar-refractivity contribution in [2.45, 2.75) is 26.6 Å². The number of hydrogen-bond acceptors (Lipinski definition) is 6. The van der Waals surface area contributed by atoms with E-state index in [4.69, 9.17) is 4.74 Å². The maximum atomic E-state index is 12.4. The molecular formula is C18H15F3N2O4S. The number of aromatic nitrogens is 2. The number of aromatic amines is 1. The lowest BCUT2D eigenvalue weighted by atomic mass is 10.1. The van der Waals surface area contributed by atoms with E-state index in [0.29, 0.717) is 26.2 Å². The average Bonchev–Trinajstić information content (AvgIpc) is 2.91. The summed E-state index contributed by atoms with van der Waals surface area (Å²) in [5.41, 5.74) is 0.537. The normalized spacial score (nSPS) is 11.6. The summed E-state index contributed by atoms with van der Waals surface area (Å²) < 4.78 is 46.0. The van der Waals surface area contributed by atoms with Crippen molar-refractivity contribution in [3.63, 3.8) is 0 Å². The van der Waals surface area contributed by atoms with Gasteiger partial charge in [-0.1, -0.05) is 12.1 Å². The van der Waals surface area contributed by atoms with Crippen molar-refractivity contribution < 1.29 is 27.4 Å². The van der Waals surface area contributed by atoms with E-state index in [1.54, 1.807) is 19.9 Å². The summed E-state index contributed by atoms with van der Waals surface area (Å²) in [5.74, 6) is -0.621. The number of nitrogens with zero attached hydrogens (tertiary/aromatic N) is 1. The fourth-order valence-electron chi connectivity index (χ4n) is 2.71. The minimum absolute atomic E-state index is 0.0892. The maximum Gasteiger partial charge on any atom is 0.573 e. The first-order valence-corrected chi connectivity index (χ1v) is 9.03.